The van der Waals surface area contributed by atoms with Crippen molar-refractivity contribution in [3.8, 4) is 0 Å². The van der Waals surface area contributed by atoms with E-state index in [1.54, 1.807) is 11.3 Å². The average Bonchev–Trinajstić information content (AvgIpc) is 3.11. The topological polar surface area (TPSA) is 74.3 Å². The molecular formula is C22H22N4O2S. The van der Waals surface area contributed by atoms with Gasteiger partial charge >= 0.3 is 0 Å². The summed E-state index contributed by atoms with van der Waals surface area (Å²) in [4.78, 5) is 32.1. The number of nitrogens with one attached hydrogen (secondary N) is 2. The lowest BCUT2D eigenvalue weighted by atomic mass is 10.0. The Morgan fingerprint density at radius 3 is 2.69 bits per heavy atom. The zero-order valence-corrected chi connectivity index (χ0v) is 17.1. The molecule has 2 heterocycles. The smallest absolute Gasteiger partial charge is 0.247 e. The van der Waals surface area contributed by atoms with Gasteiger partial charge < -0.3 is 15.5 Å². The maximum absolute atomic E-state index is 12.9. The molecular weight excluding hydrogens is 384 g/mol. The highest BCUT2D eigenvalue weighted by molar-refractivity contribution is 7.09. The number of para-hydroxylation sites is 3. The lowest BCUT2D eigenvalue weighted by Crippen LogP contribution is -2.49. The van der Waals surface area contributed by atoms with Gasteiger partial charge in [-0.3, -0.25) is 9.59 Å². The number of carbonyl (C=O) groups excluding carboxylic acids is 2. The molecule has 0 radical (unpaired) electrons. The highest BCUT2D eigenvalue weighted by Gasteiger charge is 2.34. The Morgan fingerprint density at radius 1 is 1.17 bits per heavy atom. The molecule has 148 valence electrons. The van der Waals surface area contributed by atoms with Gasteiger partial charge in [-0.1, -0.05) is 30.3 Å². The molecule has 2 N–H and O–H groups in total. The van der Waals surface area contributed by atoms with Crippen molar-refractivity contribution >= 4 is 40.2 Å². The summed E-state index contributed by atoms with van der Waals surface area (Å²) in [5, 5.41) is 8.84. The minimum Gasteiger partial charge on any atom is -0.351 e. The third-order valence-electron chi connectivity index (χ3n) is 4.95. The Morgan fingerprint density at radius 2 is 1.93 bits per heavy atom. The second kappa shape index (κ2) is 8.05. The molecule has 1 atom stereocenters. The summed E-state index contributed by atoms with van der Waals surface area (Å²) in [5.41, 5.74) is 4.28. The molecule has 0 spiro atoms. The third kappa shape index (κ3) is 4.14. The van der Waals surface area contributed by atoms with E-state index in [2.05, 4.69) is 15.6 Å². The lowest BCUT2D eigenvalue weighted by Gasteiger charge is -2.37. The number of aryl methyl sites for hydroxylation is 2. The van der Waals surface area contributed by atoms with Crippen molar-refractivity contribution in [3.05, 3.63) is 70.2 Å². The van der Waals surface area contributed by atoms with Gasteiger partial charge in [0.1, 0.15) is 6.04 Å². The first-order chi connectivity index (χ1) is 14.0. The van der Waals surface area contributed by atoms with Gasteiger partial charge in [-0.05, 0) is 37.6 Å². The molecule has 2 amide bonds. The van der Waals surface area contributed by atoms with Crippen molar-refractivity contribution in [2.75, 3.05) is 15.5 Å². The van der Waals surface area contributed by atoms with Crippen LogP contribution in [0.2, 0.25) is 0 Å². The molecule has 1 aromatic heterocycles. The molecule has 0 fully saturated rings. The van der Waals surface area contributed by atoms with E-state index >= 15 is 0 Å². The number of hydrogen-bond acceptors (Lipinski definition) is 5. The number of fused-ring (bicyclic) bond motifs is 1. The molecule has 1 aliphatic rings. The van der Waals surface area contributed by atoms with Crippen LogP contribution in [-0.4, -0.2) is 22.8 Å². The van der Waals surface area contributed by atoms with Crippen molar-refractivity contribution in [3.63, 3.8) is 0 Å². The molecule has 3 aromatic rings. The molecule has 6 nitrogen and oxygen atoms in total. The molecule has 2 aromatic carbocycles. The van der Waals surface area contributed by atoms with Gasteiger partial charge in [0.2, 0.25) is 11.8 Å². The van der Waals surface area contributed by atoms with Crippen LogP contribution in [0.3, 0.4) is 0 Å². The van der Waals surface area contributed by atoms with Crippen molar-refractivity contribution < 1.29 is 9.59 Å². The Balaban J connectivity index is 1.60. The van der Waals surface area contributed by atoms with Crippen LogP contribution in [0.1, 0.15) is 22.7 Å². The van der Waals surface area contributed by atoms with E-state index in [1.807, 2.05) is 72.7 Å². The van der Waals surface area contributed by atoms with Gasteiger partial charge in [-0.15, -0.1) is 11.3 Å². The first-order valence-electron chi connectivity index (χ1n) is 9.44. The van der Waals surface area contributed by atoms with Crippen LogP contribution in [0.25, 0.3) is 0 Å². The molecule has 0 unspecified atom stereocenters. The number of aromatic nitrogens is 1. The normalized spacial score (nSPS) is 15.6. The number of thiazole rings is 1. The fourth-order valence-corrected chi connectivity index (χ4v) is 4.10. The molecule has 0 aliphatic carbocycles. The highest BCUT2D eigenvalue weighted by atomic mass is 32.1. The fraction of sp³-hybridized carbons (Fsp3) is 0.227. The summed E-state index contributed by atoms with van der Waals surface area (Å²) in [5.74, 6) is -0.381. The zero-order valence-electron chi connectivity index (χ0n) is 16.3. The van der Waals surface area contributed by atoms with Gasteiger partial charge in [-0.25, -0.2) is 4.98 Å². The van der Waals surface area contributed by atoms with Gasteiger partial charge in [0, 0.05) is 11.1 Å². The van der Waals surface area contributed by atoms with Crippen molar-refractivity contribution in [1.82, 2.24) is 4.98 Å². The summed E-state index contributed by atoms with van der Waals surface area (Å²) in [6.45, 7) is 4.37. The monoisotopic (exact) mass is 406 g/mol. The van der Waals surface area contributed by atoms with E-state index in [9.17, 15) is 9.59 Å². The van der Waals surface area contributed by atoms with Crippen LogP contribution in [-0.2, 0) is 16.1 Å². The van der Waals surface area contributed by atoms with Gasteiger partial charge in [0.05, 0.1) is 35.0 Å². The number of anilines is 3. The standard InChI is InChI=1S/C22H22N4O2S/c1-14-7-3-4-8-17(14)24-21(27)11-20-22(28)25-18-9-5-6-10-19(18)26(20)12-16-13-29-15(2)23-16/h3-10,13,20H,11-12H2,1-2H3,(H,24,27)(H,25,28)/t20-/m1/s1. The number of carbonyl (C=O) groups is 2. The molecule has 7 heteroatoms. The van der Waals surface area contributed by atoms with E-state index in [0.717, 1.165) is 33.3 Å². The SMILES string of the molecule is Cc1nc(CN2c3ccccc3NC(=O)[C@H]2CC(=O)Nc2ccccc2C)cs1. The van der Waals surface area contributed by atoms with E-state index in [0.29, 0.717) is 6.54 Å². The maximum atomic E-state index is 12.9. The van der Waals surface area contributed by atoms with E-state index in [1.165, 1.54) is 0 Å². The third-order valence-corrected chi connectivity index (χ3v) is 5.77. The van der Waals surface area contributed by atoms with Crippen molar-refractivity contribution in [2.45, 2.75) is 32.9 Å². The minimum absolute atomic E-state index is 0.0532. The second-order valence-corrected chi connectivity index (χ2v) is 8.14. The van der Waals surface area contributed by atoms with Crippen LogP contribution in [0, 0.1) is 13.8 Å². The molecule has 4 rings (SSSR count). The zero-order chi connectivity index (χ0) is 20.4. The summed E-state index contributed by atoms with van der Waals surface area (Å²) in [6, 6.07) is 14.6. The first-order valence-corrected chi connectivity index (χ1v) is 10.3. The molecule has 1 aliphatic heterocycles. The number of amides is 2. The number of rotatable bonds is 5. The average molecular weight is 407 g/mol. The van der Waals surface area contributed by atoms with Crippen molar-refractivity contribution in [2.24, 2.45) is 0 Å². The minimum atomic E-state index is -0.615. The van der Waals surface area contributed by atoms with Crippen molar-refractivity contribution in [1.29, 1.82) is 0 Å². The molecule has 0 saturated heterocycles. The predicted molar refractivity (Wildman–Crippen MR) is 116 cm³/mol. The summed E-state index contributed by atoms with van der Waals surface area (Å²) < 4.78 is 0. The second-order valence-electron chi connectivity index (χ2n) is 7.08. The summed E-state index contributed by atoms with van der Waals surface area (Å²) in [6.07, 6.45) is 0.0532. The number of benzene rings is 2. The predicted octanol–water partition coefficient (Wildman–Crippen LogP) is 4.12. The first kappa shape index (κ1) is 19.1. The van der Waals surface area contributed by atoms with Crippen LogP contribution in [0.15, 0.2) is 53.9 Å². The molecule has 0 saturated carbocycles. The fourth-order valence-electron chi connectivity index (χ4n) is 3.50. The number of hydrogen-bond donors (Lipinski definition) is 2. The maximum Gasteiger partial charge on any atom is 0.247 e. The van der Waals surface area contributed by atoms with Gasteiger partial charge in [0.25, 0.3) is 0 Å². The Hall–Kier alpha value is -3.19. The van der Waals surface area contributed by atoms with E-state index in [4.69, 9.17) is 0 Å². The molecule has 29 heavy (non-hydrogen) atoms. The number of nitrogens with zero attached hydrogens (tertiary/aromatic N) is 2. The van der Waals surface area contributed by atoms with E-state index in [-0.39, 0.29) is 18.2 Å². The summed E-state index contributed by atoms with van der Waals surface area (Å²) >= 11 is 1.58. The Kier molecular flexibility index (Phi) is 5.31. The Labute approximate surface area is 173 Å². The largest absolute Gasteiger partial charge is 0.351 e. The Bertz CT molecular complexity index is 1060. The molecule has 0 bridgehead atoms. The van der Waals surface area contributed by atoms with Gasteiger partial charge in [0.15, 0.2) is 0 Å². The highest BCUT2D eigenvalue weighted by Crippen LogP contribution is 2.34. The van der Waals surface area contributed by atoms with E-state index < -0.39 is 6.04 Å². The van der Waals surface area contributed by atoms with Crippen LogP contribution < -0.4 is 15.5 Å². The van der Waals surface area contributed by atoms with Gasteiger partial charge in [-0.2, -0.15) is 0 Å². The lowest BCUT2D eigenvalue weighted by molar-refractivity contribution is -0.122. The van der Waals surface area contributed by atoms with Crippen LogP contribution >= 0.6 is 11.3 Å². The van der Waals surface area contributed by atoms with Crippen LogP contribution in [0.5, 0.6) is 0 Å². The van der Waals surface area contributed by atoms with Crippen LogP contribution in [0.4, 0.5) is 17.1 Å². The summed E-state index contributed by atoms with van der Waals surface area (Å²) in [7, 11) is 0. The quantitative estimate of drug-likeness (QED) is 0.669.